The number of aliphatic carboxylic acids is 1. The predicted molar refractivity (Wildman–Crippen MR) is 79.1 cm³/mol. The number of benzene rings is 1. The second kappa shape index (κ2) is 5.95. The van der Waals surface area contributed by atoms with E-state index in [9.17, 15) is 9.59 Å². The van der Waals surface area contributed by atoms with Crippen molar-refractivity contribution in [3.8, 4) is 0 Å². The fraction of sp³-hybridized carbons (Fsp3) is 0.400. The minimum absolute atomic E-state index is 0.185. The van der Waals surface area contributed by atoms with Crippen LogP contribution >= 0.6 is 0 Å². The zero-order valence-electron chi connectivity index (χ0n) is 12.3. The third-order valence-electron chi connectivity index (χ3n) is 3.30. The number of fused-ring (bicyclic) bond motifs is 1. The number of carboxylic acids is 1. The summed E-state index contributed by atoms with van der Waals surface area (Å²) in [5.74, 6) is -1.23. The fourth-order valence-corrected chi connectivity index (χ4v) is 2.21. The van der Waals surface area contributed by atoms with Gasteiger partial charge >= 0.3 is 5.97 Å². The molecule has 0 aliphatic rings. The first-order valence-electron chi connectivity index (χ1n) is 6.83. The largest absolute Gasteiger partial charge is 0.480 e. The van der Waals surface area contributed by atoms with E-state index in [-0.39, 0.29) is 5.92 Å². The Hall–Kier alpha value is -2.37. The molecule has 0 aliphatic carbocycles. The Morgan fingerprint density at radius 2 is 2.10 bits per heavy atom. The molecule has 1 unspecified atom stereocenters. The summed E-state index contributed by atoms with van der Waals surface area (Å²) in [6.07, 6.45) is 2.07. The maximum atomic E-state index is 12.2. The van der Waals surface area contributed by atoms with Gasteiger partial charge in [0.05, 0.1) is 17.4 Å². The summed E-state index contributed by atoms with van der Waals surface area (Å²) in [7, 11) is 1.87. The molecule has 6 nitrogen and oxygen atoms in total. The molecule has 1 aromatic carbocycles. The van der Waals surface area contributed by atoms with Crippen LogP contribution in [0, 0.1) is 5.92 Å². The van der Waals surface area contributed by atoms with Crippen molar-refractivity contribution < 1.29 is 14.7 Å². The predicted octanol–water partition coefficient (Wildman–Crippen LogP) is 1.80. The summed E-state index contributed by atoms with van der Waals surface area (Å²) in [5, 5.41) is 11.7. The van der Waals surface area contributed by atoms with E-state index in [1.165, 1.54) is 0 Å². The molecule has 1 aromatic heterocycles. The van der Waals surface area contributed by atoms with Gasteiger partial charge in [-0.25, -0.2) is 9.78 Å². The summed E-state index contributed by atoms with van der Waals surface area (Å²) in [5.41, 5.74) is 2.04. The van der Waals surface area contributed by atoms with Gasteiger partial charge < -0.3 is 15.0 Å². The van der Waals surface area contributed by atoms with Crippen LogP contribution in [0.1, 0.15) is 30.6 Å². The molecule has 0 bridgehead atoms. The smallest absolute Gasteiger partial charge is 0.326 e. The molecule has 0 aliphatic heterocycles. The maximum Gasteiger partial charge on any atom is 0.326 e. The standard InChI is InChI=1S/C15H19N3O3/c1-9(2)6-12(15(20)21)17-14(19)10-4-5-13-11(7-10)16-8-18(13)3/h4-5,7-9,12H,6H2,1-3H3,(H,17,19)(H,20,21). The van der Waals surface area contributed by atoms with E-state index in [4.69, 9.17) is 5.11 Å². The molecule has 2 aromatic rings. The molecule has 112 valence electrons. The molecular formula is C15H19N3O3. The van der Waals surface area contributed by atoms with Gasteiger partial charge in [-0.2, -0.15) is 0 Å². The lowest BCUT2D eigenvalue weighted by molar-refractivity contribution is -0.139. The summed E-state index contributed by atoms with van der Waals surface area (Å²) in [6.45, 7) is 3.84. The second-order valence-corrected chi connectivity index (χ2v) is 5.55. The van der Waals surface area contributed by atoms with Crippen molar-refractivity contribution in [2.24, 2.45) is 13.0 Å². The molecule has 0 fully saturated rings. The highest BCUT2D eigenvalue weighted by Gasteiger charge is 2.21. The molecule has 2 rings (SSSR count). The Kier molecular flexibility index (Phi) is 4.26. The maximum absolute atomic E-state index is 12.2. The first-order valence-corrected chi connectivity index (χ1v) is 6.83. The van der Waals surface area contributed by atoms with Crippen LogP contribution in [0.2, 0.25) is 0 Å². The molecule has 0 saturated carbocycles. The Bertz CT molecular complexity index is 676. The number of hydrogen-bond acceptors (Lipinski definition) is 3. The molecule has 1 atom stereocenters. The number of nitrogens with one attached hydrogen (secondary N) is 1. The third kappa shape index (κ3) is 3.39. The van der Waals surface area contributed by atoms with Crippen LogP contribution in [0.15, 0.2) is 24.5 Å². The van der Waals surface area contributed by atoms with Gasteiger partial charge in [-0.1, -0.05) is 13.8 Å². The van der Waals surface area contributed by atoms with Crippen molar-refractivity contribution in [3.63, 3.8) is 0 Å². The Balaban J connectivity index is 2.18. The van der Waals surface area contributed by atoms with Crippen molar-refractivity contribution >= 4 is 22.9 Å². The monoisotopic (exact) mass is 289 g/mol. The molecule has 21 heavy (non-hydrogen) atoms. The topological polar surface area (TPSA) is 84.2 Å². The fourth-order valence-electron chi connectivity index (χ4n) is 2.21. The lowest BCUT2D eigenvalue weighted by atomic mass is 10.0. The summed E-state index contributed by atoms with van der Waals surface area (Å²) in [4.78, 5) is 27.6. The van der Waals surface area contributed by atoms with Gasteiger partial charge in [-0.15, -0.1) is 0 Å². The van der Waals surface area contributed by atoms with Gasteiger partial charge in [-0.05, 0) is 30.5 Å². The lowest BCUT2D eigenvalue weighted by Gasteiger charge is -2.16. The number of carbonyl (C=O) groups is 2. The number of amides is 1. The van der Waals surface area contributed by atoms with E-state index in [1.807, 2.05) is 25.5 Å². The highest BCUT2D eigenvalue weighted by molar-refractivity contribution is 5.99. The van der Waals surface area contributed by atoms with Crippen LogP contribution < -0.4 is 5.32 Å². The zero-order chi connectivity index (χ0) is 15.6. The summed E-state index contributed by atoms with van der Waals surface area (Å²) in [6, 6.07) is 4.26. The Morgan fingerprint density at radius 1 is 1.38 bits per heavy atom. The summed E-state index contributed by atoms with van der Waals surface area (Å²) < 4.78 is 1.86. The van der Waals surface area contributed by atoms with E-state index in [1.54, 1.807) is 24.5 Å². The van der Waals surface area contributed by atoms with Crippen molar-refractivity contribution in [3.05, 3.63) is 30.1 Å². The Labute approximate surface area is 122 Å². The molecule has 1 amide bonds. The molecule has 1 heterocycles. The van der Waals surface area contributed by atoms with Crippen molar-refractivity contribution in [1.29, 1.82) is 0 Å². The van der Waals surface area contributed by atoms with Gasteiger partial charge in [0.25, 0.3) is 5.91 Å². The first-order chi connectivity index (χ1) is 9.88. The zero-order valence-corrected chi connectivity index (χ0v) is 12.3. The van der Waals surface area contributed by atoms with Crippen LogP contribution in [-0.4, -0.2) is 32.6 Å². The van der Waals surface area contributed by atoms with E-state index >= 15 is 0 Å². The van der Waals surface area contributed by atoms with E-state index in [0.29, 0.717) is 17.5 Å². The van der Waals surface area contributed by atoms with Crippen LogP contribution in [0.5, 0.6) is 0 Å². The number of hydrogen-bond donors (Lipinski definition) is 2. The van der Waals surface area contributed by atoms with Crippen molar-refractivity contribution in [2.45, 2.75) is 26.3 Å². The van der Waals surface area contributed by atoms with Gasteiger partial charge in [-0.3, -0.25) is 4.79 Å². The molecule has 0 spiro atoms. The van der Waals surface area contributed by atoms with Gasteiger partial charge in [0.1, 0.15) is 6.04 Å². The van der Waals surface area contributed by atoms with E-state index in [0.717, 1.165) is 5.52 Å². The number of aryl methyl sites for hydroxylation is 1. The van der Waals surface area contributed by atoms with Gasteiger partial charge in [0.15, 0.2) is 0 Å². The normalized spacial score (nSPS) is 12.6. The Morgan fingerprint density at radius 3 is 2.71 bits per heavy atom. The molecule has 0 radical (unpaired) electrons. The molecule has 6 heteroatoms. The van der Waals surface area contributed by atoms with Crippen LogP contribution in [0.25, 0.3) is 11.0 Å². The van der Waals surface area contributed by atoms with E-state index < -0.39 is 17.9 Å². The average molecular weight is 289 g/mol. The number of carbonyl (C=O) groups excluding carboxylic acids is 1. The number of rotatable bonds is 5. The SMILES string of the molecule is CC(C)CC(NC(=O)c1ccc2c(c1)ncn2C)C(=O)O. The van der Waals surface area contributed by atoms with Crippen LogP contribution in [-0.2, 0) is 11.8 Å². The highest BCUT2D eigenvalue weighted by atomic mass is 16.4. The molecule has 2 N–H and O–H groups in total. The third-order valence-corrected chi connectivity index (χ3v) is 3.30. The molecule has 0 saturated heterocycles. The van der Waals surface area contributed by atoms with E-state index in [2.05, 4.69) is 10.3 Å². The minimum Gasteiger partial charge on any atom is -0.480 e. The number of imidazole rings is 1. The average Bonchev–Trinajstić information content (AvgIpc) is 2.78. The lowest BCUT2D eigenvalue weighted by Crippen LogP contribution is -2.41. The highest BCUT2D eigenvalue weighted by Crippen LogP contribution is 2.14. The minimum atomic E-state index is -1.02. The molecular weight excluding hydrogens is 270 g/mol. The number of carboxylic acid groups (broad SMARTS) is 1. The number of nitrogens with zero attached hydrogens (tertiary/aromatic N) is 2. The van der Waals surface area contributed by atoms with Crippen LogP contribution in [0.3, 0.4) is 0 Å². The quantitative estimate of drug-likeness (QED) is 0.879. The second-order valence-electron chi connectivity index (χ2n) is 5.55. The first kappa shape index (κ1) is 15.0. The van der Waals surface area contributed by atoms with Crippen molar-refractivity contribution in [2.75, 3.05) is 0 Å². The van der Waals surface area contributed by atoms with Crippen LogP contribution in [0.4, 0.5) is 0 Å². The number of aromatic nitrogens is 2. The van der Waals surface area contributed by atoms with Gasteiger partial charge in [0, 0.05) is 12.6 Å². The summed E-state index contributed by atoms with van der Waals surface area (Å²) >= 11 is 0. The van der Waals surface area contributed by atoms with Crippen molar-refractivity contribution in [1.82, 2.24) is 14.9 Å². The van der Waals surface area contributed by atoms with Gasteiger partial charge in [0.2, 0.25) is 0 Å².